The number of likely N-dealkylation sites (tertiary alicyclic amines) is 1. The fourth-order valence-corrected chi connectivity index (χ4v) is 3.86. The number of hydrogen-bond acceptors (Lipinski definition) is 4. The second-order valence-corrected chi connectivity index (χ2v) is 6.60. The van der Waals surface area contributed by atoms with Crippen LogP contribution in [0.2, 0.25) is 0 Å². The number of hydrogen-bond donors (Lipinski definition) is 1. The quantitative estimate of drug-likeness (QED) is 0.822. The third-order valence-electron chi connectivity index (χ3n) is 5.28. The molecule has 4 heteroatoms. The van der Waals surface area contributed by atoms with Gasteiger partial charge in [-0.1, -0.05) is 6.92 Å². The Morgan fingerprint density at radius 1 is 1.05 bits per heavy atom. The molecule has 0 amide bonds. The lowest BCUT2D eigenvalue weighted by Crippen LogP contribution is -2.62. The van der Waals surface area contributed by atoms with Crippen LogP contribution in [0.3, 0.4) is 0 Å². The molecule has 0 aliphatic carbocycles. The fraction of sp³-hybridized carbons (Fsp3) is 1.00. The summed E-state index contributed by atoms with van der Waals surface area (Å²) < 4.78 is 0. The number of likely N-dealkylation sites (N-methyl/N-ethyl adjacent to an activating group) is 1. The highest BCUT2D eigenvalue weighted by atomic mass is 15.3. The van der Waals surface area contributed by atoms with E-state index in [4.69, 9.17) is 5.73 Å². The van der Waals surface area contributed by atoms with E-state index < -0.39 is 0 Å². The second kappa shape index (κ2) is 6.53. The fourth-order valence-electron chi connectivity index (χ4n) is 3.86. The van der Waals surface area contributed by atoms with E-state index in [0.717, 1.165) is 6.54 Å². The summed E-state index contributed by atoms with van der Waals surface area (Å²) in [5, 5.41) is 0. The van der Waals surface area contributed by atoms with Crippen molar-refractivity contribution >= 4 is 0 Å². The zero-order chi connectivity index (χ0) is 13.9. The monoisotopic (exact) mass is 268 g/mol. The Kier molecular flexibility index (Phi) is 5.23. The summed E-state index contributed by atoms with van der Waals surface area (Å²) in [6.45, 7) is 9.20. The van der Waals surface area contributed by atoms with Gasteiger partial charge in [-0.15, -0.1) is 0 Å². The minimum atomic E-state index is 0.262. The molecule has 0 radical (unpaired) electrons. The standard InChI is InChI=1S/C15H32N4/c1-4-14-12-18(3)8-5-9-19(14)15(13-16)6-10-17(2)11-7-15/h14H,4-13,16H2,1-3H3. The van der Waals surface area contributed by atoms with Crippen molar-refractivity contribution in [1.82, 2.24) is 14.7 Å². The average molecular weight is 268 g/mol. The molecule has 112 valence electrons. The van der Waals surface area contributed by atoms with E-state index in [2.05, 4.69) is 35.7 Å². The maximum absolute atomic E-state index is 6.24. The molecule has 19 heavy (non-hydrogen) atoms. The Balaban J connectivity index is 2.14. The Morgan fingerprint density at radius 3 is 2.32 bits per heavy atom. The molecule has 0 bridgehead atoms. The van der Waals surface area contributed by atoms with Crippen molar-refractivity contribution in [2.24, 2.45) is 5.73 Å². The Labute approximate surface area is 118 Å². The van der Waals surface area contributed by atoms with E-state index in [1.54, 1.807) is 0 Å². The molecule has 0 saturated carbocycles. The molecular weight excluding hydrogens is 236 g/mol. The normalized spacial score (nSPS) is 31.3. The first-order valence-corrected chi connectivity index (χ1v) is 7.95. The molecule has 0 aromatic heterocycles. The number of rotatable bonds is 3. The van der Waals surface area contributed by atoms with Crippen molar-refractivity contribution in [2.45, 2.75) is 44.2 Å². The first kappa shape index (κ1) is 15.2. The summed E-state index contributed by atoms with van der Waals surface area (Å²) in [4.78, 5) is 7.72. The van der Waals surface area contributed by atoms with Crippen molar-refractivity contribution in [3.63, 3.8) is 0 Å². The lowest BCUT2D eigenvalue weighted by molar-refractivity contribution is 0.00208. The van der Waals surface area contributed by atoms with Crippen LogP contribution in [-0.2, 0) is 0 Å². The van der Waals surface area contributed by atoms with Gasteiger partial charge in [0.05, 0.1) is 0 Å². The molecule has 2 aliphatic heterocycles. The summed E-state index contributed by atoms with van der Waals surface area (Å²) in [5.74, 6) is 0. The average Bonchev–Trinajstić information content (AvgIpc) is 2.62. The Hall–Kier alpha value is -0.160. The van der Waals surface area contributed by atoms with Crippen molar-refractivity contribution in [3.8, 4) is 0 Å². The van der Waals surface area contributed by atoms with E-state index in [1.165, 1.54) is 58.4 Å². The highest BCUT2D eigenvalue weighted by Gasteiger charge is 2.41. The van der Waals surface area contributed by atoms with Crippen molar-refractivity contribution < 1.29 is 0 Å². The van der Waals surface area contributed by atoms with Crippen LogP contribution in [0.1, 0.15) is 32.6 Å². The molecule has 2 saturated heterocycles. The molecule has 0 spiro atoms. The maximum atomic E-state index is 6.24. The summed E-state index contributed by atoms with van der Waals surface area (Å²) in [6, 6.07) is 0.680. The number of piperidine rings is 1. The van der Waals surface area contributed by atoms with E-state index in [1.807, 2.05) is 0 Å². The minimum absolute atomic E-state index is 0.262. The molecule has 2 heterocycles. The third kappa shape index (κ3) is 3.30. The van der Waals surface area contributed by atoms with Crippen LogP contribution in [0.15, 0.2) is 0 Å². The molecule has 1 atom stereocenters. The smallest absolute Gasteiger partial charge is 0.0359 e. The zero-order valence-electron chi connectivity index (χ0n) is 13.1. The highest BCUT2D eigenvalue weighted by Crippen LogP contribution is 2.31. The van der Waals surface area contributed by atoms with Gasteiger partial charge in [-0.2, -0.15) is 0 Å². The molecule has 1 unspecified atom stereocenters. The van der Waals surface area contributed by atoms with Crippen LogP contribution in [0.5, 0.6) is 0 Å². The molecule has 2 rings (SSSR count). The predicted octanol–water partition coefficient (Wildman–Crippen LogP) is 0.826. The number of nitrogens with zero attached hydrogens (tertiary/aromatic N) is 3. The van der Waals surface area contributed by atoms with E-state index >= 15 is 0 Å². The summed E-state index contributed by atoms with van der Waals surface area (Å²) >= 11 is 0. The van der Waals surface area contributed by atoms with E-state index in [-0.39, 0.29) is 5.54 Å². The van der Waals surface area contributed by atoms with Gasteiger partial charge >= 0.3 is 0 Å². The summed E-state index contributed by atoms with van der Waals surface area (Å²) in [5.41, 5.74) is 6.51. The largest absolute Gasteiger partial charge is 0.329 e. The first-order valence-electron chi connectivity index (χ1n) is 7.95. The minimum Gasteiger partial charge on any atom is -0.329 e. The van der Waals surface area contributed by atoms with Crippen LogP contribution in [0.25, 0.3) is 0 Å². The van der Waals surface area contributed by atoms with Crippen LogP contribution in [0, 0.1) is 0 Å². The Morgan fingerprint density at radius 2 is 1.74 bits per heavy atom. The van der Waals surface area contributed by atoms with Crippen LogP contribution >= 0.6 is 0 Å². The van der Waals surface area contributed by atoms with Gasteiger partial charge < -0.3 is 15.5 Å². The highest BCUT2D eigenvalue weighted by molar-refractivity contribution is 4.99. The van der Waals surface area contributed by atoms with E-state index in [0.29, 0.717) is 6.04 Å². The van der Waals surface area contributed by atoms with Crippen LogP contribution in [-0.4, -0.2) is 79.6 Å². The Bertz CT molecular complexity index is 273. The first-order chi connectivity index (χ1) is 9.11. The molecule has 4 nitrogen and oxygen atoms in total. The van der Waals surface area contributed by atoms with Crippen molar-refractivity contribution in [1.29, 1.82) is 0 Å². The summed E-state index contributed by atoms with van der Waals surface area (Å²) in [7, 11) is 4.49. The molecule has 2 N–H and O–H groups in total. The summed E-state index contributed by atoms with van der Waals surface area (Å²) in [6.07, 6.45) is 4.99. The van der Waals surface area contributed by atoms with Gasteiger partial charge in [0.1, 0.15) is 0 Å². The topological polar surface area (TPSA) is 35.7 Å². The van der Waals surface area contributed by atoms with Gasteiger partial charge in [0.25, 0.3) is 0 Å². The number of nitrogens with two attached hydrogens (primary N) is 1. The van der Waals surface area contributed by atoms with Gasteiger partial charge in [-0.25, -0.2) is 0 Å². The maximum Gasteiger partial charge on any atom is 0.0359 e. The second-order valence-electron chi connectivity index (χ2n) is 6.60. The van der Waals surface area contributed by atoms with Crippen molar-refractivity contribution in [3.05, 3.63) is 0 Å². The van der Waals surface area contributed by atoms with Crippen molar-refractivity contribution in [2.75, 3.05) is 53.4 Å². The van der Waals surface area contributed by atoms with Gasteiger partial charge in [0.15, 0.2) is 0 Å². The SMILES string of the molecule is CCC1CN(C)CCCN1C1(CN)CCN(C)CC1. The lowest BCUT2D eigenvalue weighted by atomic mass is 9.84. The van der Waals surface area contributed by atoms with Gasteiger partial charge in [-0.05, 0) is 59.4 Å². The molecule has 0 aromatic carbocycles. The lowest BCUT2D eigenvalue weighted by Gasteiger charge is -2.50. The van der Waals surface area contributed by atoms with E-state index in [9.17, 15) is 0 Å². The molecule has 0 aromatic rings. The molecule has 2 fully saturated rings. The third-order valence-corrected chi connectivity index (χ3v) is 5.28. The van der Waals surface area contributed by atoms with Gasteiger partial charge in [-0.3, -0.25) is 4.90 Å². The van der Waals surface area contributed by atoms with Gasteiger partial charge in [0.2, 0.25) is 0 Å². The molecular formula is C15H32N4. The molecule has 2 aliphatic rings. The van der Waals surface area contributed by atoms with Crippen LogP contribution < -0.4 is 5.73 Å². The van der Waals surface area contributed by atoms with Crippen LogP contribution in [0.4, 0.5) is 0 Å². The van der Waals surface area contributed by atoms with Gasteiger partial charge in [0, 0.05) is 31.2 Å². The zero-order valence-corrected chi connectivity index (χ0v) is 13.1. The predicted molar refractivity (Wildman–Crippen MR) is 81.4 cm³/mol.